The Balaban J connectivity index is 2.16. The molecule has 0 heterocycles. The van der Waals surface area contributed by atoms with Gasteiger partial charge in [0.15, 0.2) is 0 Å². The highest BCUT2D eigenvalue weighted by molar-refractivity contribution is 4.78. The minimum absolute atomic E-state index is 0.818. The lowest BCUT2D eigenvalue weighted by Gasteiger charge is -2.29. The average molecular weight is 270 g/mol. The summed E-state index contributed by atoms with van der Waals surface area (Å²) >= 11 is 0. The van der Waals surface area contributed by atoms with Crippen molar-refractivity contribution in [2.75, 3.05) is 39.9 Å². The molecule has 1 fully saturated rings. The van der Waals surface area contributed by atoms with Crippen LogP contribution in [-0.4, -0.2) is 50.8 Å². The molecule has 0 radical (unpaired) electrons. The van der Waals surface area contributed by atoms with Gasteiger partial charge in [-0.1, -0.05) is 26.7 Å². The van der Waals surface area contributed by atoms with Crippen molar-refractivity contribution in [3.63, 3.8) is 0 Å². The normalized spacial score (nSPS) is 16.9. The zero-order chi connectivity index (χ0) is 13.9. The summed E-state index contributed by atoms with van der Waals surface area (Å²) in [6, 6.07) is 0.861. The molecule has 0 spiro atoms. The molecule has 0 saturated heterocycles. The first-order chi connectivity index (χ1) is 9.24. The lowest BCUT2D eigenvalue weighted by atomic mass is 10.1. The van der Waals surface area contributed by atoms with Crippen LogP contribution < -0.4 is 5.32 Å². The van der Waals surface area contributed by atoms with Gasteiger partial charge in [0, 0.05) is 32.8 Å². The number of rotatable bonds is 11. The standard InChI is InChI=1S/C16H34N2O/c1-15(2)9-12-18(16-7-4-5-8-16)13-11-17-10-6-14-19-3/h15-17H,4-14H2,1-3H3. The van der Waals surface area contributed by atoms with Crippen molar-refractivity contribution < 1.29 is 4.74 Å². The monoisotopic (exact) mass is 270 g/mol. The van der Waals surface area contributed by atoms with Crippen LogP contribution in [0, 0.1) is 5.92 Å². The molecule has 0 aliphatic heterocycles. The summed E-state index contributed by atoms with van der Waals surface area (Å²) in [5.41, 5.74) is 0. The number of nitrogens with zero attached hydrogens (tertiary/aromatic N) is 1. The second kappa shape index (κ2) is 10.6. The maximum atomic E-state index is 5.07. The van der Waals surface area contributed by atoms with Gasteiger partial charge in [0.1, 0.15) is 0 Å². The maximum Gasteiger partial charge on any atom is 0.0474 e. The van der Waals surface area contributed by atoms with Crippen molar-refractivity contribution in [2.45, 2.75) is 58.4 Å². The van der Waals surface area contributed by atoms with Gasteiger partial charge < -0.3 is 10.1 Å². The van der Waals surface area contributed by atoms with Crippen molar-refractivity contribution in [1.29, 1.82) is 0 Å². The number of hydrogen-bond donors (Lipinski definition) is 1. The third kappa shape index (κ3) is 7.91. The van der Waals surface area contributed by atoms with E-state index in [2.05, 4.69) is 24.1 Å². The Morgan fingerprint density at radius 1 is 1.16 bits per heavy atom. The Hall–Kier alpha value is -0.120. The Morgan fingerprint density at radius 3 is 2.53 bits per heavy atom. The fourth-order valence-electron chi connectivity index (χ4n) is 2.86. The van der Waals surface area contributed by atoms with E-state index in [0.717, 1.165) is 38.1 Å². The van der Waals surface area contributed by atoms with E-state index < -0.39 is 0 Å². The Kier molecular flexibility index (Phi) is 9.48. The third-order valence-corrected chi connectivity index (χ3v) is 4.11. The minimum Gasteiger partial charge on any atom is -0.385 e. The van der Waals surface area contributed by atoms with Gasteiger partial charge in [0.05, 0.1) is 0 Å². The number of methoxy groups -OCH3 is 1. The van der Waals surface area contributed by atoms with Crippen LogP contribution in [0.5, 0.6) is 0 Å². The van der Waals surface area contributed by atoms with Crippen molar-refractivity contribution in [3.05, 3.63) is 0 Å². The topological polar surface area (TPSA) is 24.5 Å². The quantitative estimate of drug-likeness (QED) is 0.584. The van der Waals surface area contributed by atoms with E-state index >= 15 is 0 Å². The summed E-state index contributed by atoms with van der Waals surface area (Å²) in [6.07, 6.45) is 8.16. The molecule has 19 heavy (non-hydrogen) atoms. The highest BCUT2D eigenvalue weighted by Gasteiger charge is 2.21. The molecule has 0 atom stereocenters. The minimum atomic E-state index is 0.818. The molecule has 0 aromatic carbocycles. The van der Waals surface area contributed by atoms with Crippen LogP contribution in [0.1, 0.15) is 52.4 Å². The maximum absolute atomic E-state index is 5.07. The third-order valence-electron chi connectivity index (χ3n) is 4.11. The Morgan fingerprint density at radius 2 is 1.89 bits per heavy atom. The van der Waals surface area contributed by atoms with Crippen LogP contribution in [-0.2, 0) is 4.74 Å². The lowest BCUT2D eigenvalue weighted by molar-refractivity contribution is 0.182. The molecule has 1 aliphatic rings. The van der Waals surface area contributed by atoms with E-state index in [0.29, 0.717) is 0 Å². The van der Waals surface area contributed by atoms with Crippen molar-refractivity contribution >= 4 is 0 Å². The molecule has 1 saturated carbocycles. The average Bonchev–Trinajstić information content (AvgIpc) is 2.90. The van der Waals surface area contributed by atoms with Crippen molar-refractivity contribution in [3.8, 4) is 0 Å². The largest absolute Gasteiger partial charge is 0.385 e. The molecule has 114 valence electrons. The molecular formula is C16H34N2O. The van der Waals surface area contributed by atoms with Gasteiger partial charge in [-0.3, -0.25) is 4.90 Å². The zero-order valence-electron chi connectivity index (χ0n) is 13.3. The van der Waals surface area contributed by atoms with Crippen LogP contribution in [0.2, 0.25) is 0 Å². The molecule has 0 amide bonds. The summed E-state index contributed by atoms with van der Waals surface area (Å²) in [4.78, 5) is 2.73. The summed E-state index contributed by atoms with van der Waals surface area (Å²) in [5.74, 6) is 0.818. The Labute approximate surface area is 120 Å². The summed E-state index contributed by atoms with van der Waals surface area (Å²) in [5, 5.41) is 3.54. The summed E-state index contributed by atoms with van der Waals surface area (Å²) < 4.78 is 5.07. The fraction of sp³-hybridized carbons (Fsp3) is 1.00. The first-order valence-corrected chi connectivity index (χ1v) is 8.17. The molecule has 1 aliphatic carbocycles. The molecule has 3 heteroatoms. The first-order valence-electron chi connectivity index (χ1n) is 8.17. The number of ether oxygens (including phenoxy) is 1. The summed E-state index contributed by atoms with van der Waals surface area (Å²) in [6.45, 7) is 10.2. The molecule has 1 N–H and O–H groups in total. The van der Waals surface area contributed by atoms with Crippen LogP contribution in [0.4, 0.5) is 0 Å². The van der Waals surface area contributed by atoms with Gasteiger partial charge >= 0.3 is 0 Å². The van der Waals surface area contributed by atoms with Crippen LogP contribution in [0.15, 0.2) is 0 Å². The number of hydrogen-bond acceptors (Lipinski definition) is 3. The molecular weight excluding hydrogens is 236 g/mol. The molecule has 0 aromatic rings. The van der Waals surface area contributed by atoms with Gasteiger partial charge in [0.25, 0.3) is 0 Å². The van der Waals surface area contributed by atoms with Gasteiger partial charge in [0.2, 0.25) is 0 Å². The van der Waals surface area contributed by atoms with Crippen LogP contribution in [0.25, 0.3) is 0 Å². The van der Waals surface area contributed by atoms with Crippen LogP contribution >= 0.6 is 0 Å². The van der Waals surface area contributed by atoms with E-state index in [1.54, 1.807) is 7.11 Å². The highest BCUT2D eigenvalue weighted by atomic mass is 16.5. The second-order valence-corrected chi connectivity index (χ2v) is 6.25. The van der Waals surface area contributed by atoms with Gasteiger partial charge in [-0.05, 0) is 44.7 Å². The molecule has 3 nitrogen and oxygen atoms in total. The van der Waals surface area contributed by atoms with Crippen molar-refractivity contribution in [1.82, 2.24) is 10.2 Å². The number of nitrogens with one attached hydrogen (secondary N) is 1. The zero-order valence-corrected chi connectivity index (χ0v) is 13.3. The van der Waals surface area contributed by atoms with Gasteiger partial charge in [-0.2, -0.15) is 0 Å². The Bertz CT molecular complexity index is 203. The van der Waals surface area contributed by atoms with Crippen LogP contribution in [0.3, 0.4) is 0 Å². The SMILES string of the molecule is COCCCNCCN(CCC(C)C)C1CCCC1. The lowest BCUT2D eigenvalue weighted by Crippen LogP contribution is -2.39. The smallest absolute Gasteiger partial charge is 0.0474 e. The van der Waals surface area contributed by atoms with E-state index in [1.165, 1.54) is 45.2 Å². The van der Waals surface area contributed by atoms with Gasteiger partial charge in [-0.25, -0.2) is 0 Å². The van der Waals surface area contributed by atoms with E-state index in [4.69, 9.17) is 4.74 Å². The molecule has 0 aromatic heterocycles. The predicted molar refractivity (Wildman–Crippen MR) is 82.6 cm³/mol. The molecule has 0 unspecified atom stereocenters. The molecule has 1 rings (SSSR count). The predicted octanol–water partition coefficient (Wildman–Crippen LogP) is 2.90. The second-order valence-electron chi connectivity index (χ2n) is 6.25. The summed E-state index contributed by atoms with van der Waals surface area (Å²) in [7, 11) is 1.77. The van der Waals surface area contributed by atoms with E-state index in [-0.39, 0.29) is 0 Å². The first kappa shape index (κ1) is 16.9. The highest BCUT2D eigenvalue weighted by Crippen LogP contribution is 2.23. The van der Waals surface area contributed by atoms with E-state index in [9.17, 15) is 0 Å². The van der Waals surface area contributed by atoms with Gasteiger partial charge in [-0.15, -0.1) is 0 Å². The van der Waals surface area contributed by atoms with Crippen molar-refractivity contribution in [2.24, 2.45) is 5.92 Å². The molecule has 0 bridgehead atoms. The van der Waals surface area contributed by atoms with E-state index in [1.807, 2.05) is 0 Å². The fourth-order valence-corrected chi connectivity index (χ4v) is 2.86.